The van der Waals surface area contributed by atoms with Crippen LogP contribution in [0.5, 0.6) is 0 Å². The summed E-state index contributed by atoms with van der Waals surface area (Å²) in [4.78, 5) is 0. The van der Waals surface area contributed by atoms with Crippen molar-refractivity contribution in [1.29, 1.82) is 0 Å². The van der Waals surface area contributed by atoms with Gasteiger partial charge < -0.3 is 24.3 Å². The van der Waals surface area contributed by atoms with Crippen LogP contribution in [0.1, 0.15) is 19.3 Å². The lowest BCUT2D eigenvalue weighted by atomic mass is 10.3. The van der Waals surface area contributed by atoms with Crippen LogP contribution >= 0.6 is 0 Å². The first kappa shape index (κ1) is 15.9. The van der Waals surface area contributed by atoms with Crippen LogP contribution in [0.4, 0.5) is 0 Å². The first-order valence-corrected chi connectivity index (χ1v) is 6.77. The molecule has 1 fully saturated rings. The Labute approximate surface area is 110 Å². The minimum Gasteiger partial charge on any atom is -0.382 e. The first-order chi connectivity index (χ1) is 8.86. The molecular weight excluding hydrogens is 234 g/mol. The second-order valence-electron chi connectivity index (χ2n) is 4.59. The Kier molecular flexibility index (Phi) is 9.42. The second kappa shape index (κ2) is 10.7. The molecule has 1 N–H and O–H groups in total. The third kappa shape index (κ3) is 8.83. The van der Waals surface area contributed by atoms with Crippen molar-refractivity contribution in [2.24, 2.45) is 0 Å². The average Bonchev–Trinajstić information content (AvgIpc) is 3.18. The highest BCUT2D eigenvalue weighted by Crippen LogP contribution is 2.18. The Morgan fingerprint density at radius 2 is 1.89 bits per heavy atom. The van der Waals surface area contributed by atoms with Crippen molar-refractivity contribution in [2.45, 2.75) is 31.4 Å². The zero-order chi connectivity index (χ0) is 13.1. The maximum atomic E-state index is 5.77. The molecule has 18 heavy (non-hydrogen) atoms. The Hall–Kier alpha value is -0.200. The summed E-state index contributed by atoms with van der Waals surface area (Å²) in [5.74, 6) is 0. The van der Waals surface area contributed by atoms with Crippen molar-refractivity contribution in [3.63, 3.8) is 0 Å². The van der Waals surface area contributed by atoms with Gasteiger partial charge in [0.15, 0.2) is 0 Å². The molecule has 0 radical (unpaired) electrons. The predicted octanol–water partition coefficient (Wildman–Crippen LogP) is 0.823. The Morgan fingerprint density at radius 3 is 2.56 bits per heavy atom. The highest BCUT2D eigenvalue weighted by molar-refractivity contribution is 4.82. The topological polar surface area (TPSA) is 49.0 Å². The van der Waals surface area contributed by atoms with Gasteiger partial charge in [-0.25, -0.2) is 0 Å². The molecule has 0 amide bonds. The molecule has 1 saturated carbocycles. The smallest absolute Gasteiger partial charge is 0.0932 e. The number of nitrogens with one attached hydrogen (secondary N) is 1. The largest absolute Gasteiger partial charge is 0.382 e. The van der Waals surface area contributed by atoms with Gasteiger partial charge >= 0.3 is 0 Å². The maximum absolute atomic E-state index is 5.77. The van der Waals surface area contributed by atoms with Crippen LogP contribution in [0.15, 0.2) is 0 Å². The third-order valence-corrected chi connectivity index (χ3v) is 2.78. The highest BCUT2D eigenvalue weighted by Gasteiger charge is 2.21. The zero-order valence-corrected chi connectivity index (χ0v) is 11.7. The van der Waals surface area contributed by atoms with Gasteiger partial charge in [0.25, 0.3) is 0 Å². The molecule has 0 aromatic rings. The van der Waals surface area contributed by atoms with Gasteiger partial charge in [-0.1, -0.05) is 0 Å². The van der Waals surface area contributed by atoms with Crippen LogP contribution in [-0.2, 0) is 18.9 Å². The zero-order valence-electron chi connectivity index (χ0n) is 11.7. The van der Waals surface area contributed by atoms with Crippen LogP contribution in [-0.4, -0.2) is 65.9 Å². The normalized spacial score (nSPS) is 17.0. The maximum Gasteiger partial charge on any atom is 0.0932 e. The van der Waals surface area contributed by atoms with E-state index in [1.54, 1.807) is 14.2 Å². The number of hydrogen-bond acceptors (Lipinski definition) is 5. The number of methoxy groups -OCH3 is 2. The molecule has 1 aliphatic carbocycles. The van der Waals surface area contributed by atoms with E-state index in [1.807, 2.05) is 0 Å². The summed E-state index contributed by atoms with van der Waals surface area (Å²) in [6, 6.07) is 0.713. The van der Waals surface area contributed by atoms with E-state index in [1.165, 1.54) is 12.8 Å². The molecule has 0 spiro atoms. The molecule has 0 aromatic carbocycles. The van der Waals surface area contributed by atoms with Gasteiger partial charge in [-0.15, -0.1) is 0 Å². The molecule has 1 atom stereocenters. The lowest BCUT2D eigenvalue weighted by Gasteiger charge is -2.17. The van der Waals surface area contributed by atoms with Crippen LogP contribution in [0, 0.1) is 0 Å². The van der Waals surface area contributed by atoms with Crippen molar-refractivity contribution in [1.82, 2.24) is 5.32 Å². The molecule has 1 rings (SSSR count). The fourth-order valence-electron chi connectivity index (χ4n) is 1.59. The van der Waals surface area contributed by atoms with Crippen molar-refractivity contribution in [3.05, 3.63) is 0 Å². The van der Waals surface area contributed by atoms with Gasteiger partial charge in [-0.3, -0.25) is 0 Å². The Balaban J connectivity index is 1.91. The van der Waals surface area contributed by atoms with Crippen molar-refractivity contribution >= 4 is 0 Å². The van der Waals surface area contributed by atoms with E-state index >= 15 is 0 Å². The Bertz CT molecular complexity index is 188. The first-order valence-electron chi connectivity index (χ1n) is 6.77. The van der Waals surface area contributed by atoms with E-state index in [9.17, 15) is 0 Å². The van der Waals surface area contributed by atoms with Crippen molar-refractivity contribution < 1.29 is 18.9 Å². The lowest BCUT2D eigenvalue weighted by molar-refractivity contribution is -0.0124. The predicted molar refractivity (Wildman–Crippen MR) is 70.0 cm³/mol. The number of ether oxygens (including phenoxy) is 4. The van der Waals surface area contributed by atoms with Crippen molar-refractivity contribution in [3.8, 4) is 0 Å². The summed E-state index contributed by atoms with van der Waals surface area (Å²) in [5, 5.41) is 3.46. The monoisotopic (exact) mass is 261 g/mol. The molecule has 0 aliphatic heterocycles. The lowest BCUT2D eigenvalue weighted by Crippen LogP contribution is -2.34. The van der Waals surface area contributed by atoms with Gasteiger partial charge in [0.1, 0.15) is 0 Å². The summed E-state index contributed by atoms with van der Waals surface area (Å²) in [6.45, 7) is 4.26. The van der Waals surface area contributed by atoms with E-state index in [0.29, 0.717) is 32.5 Å². The molecule has 1 aliphatic rings. The number of rotatable bonds is 13. The van der Waals surface area contributed by atoms with Gasteiger partial charge in [0.2, 0.25) is 0 Å². The SMILES string of the molecule is COCCOCCCOC(CNC1CC1)COC. The third-order valence-electron chi connectivity index (χ3n) is 2.78. The van der Waals surface area contributed by atoms with Gasteiger partial charge in [0, 0.05) is 40.0 Å². The fourth-order valence-corrected chi connectivity index (χ4v) is 1.59. The van der Waals surface area contributed by atoms with Gasteiger partial charge in [-0.2, -0.15) is 0 Å². The van der Waals surface area contributed by atoms with Crippen LogP contribution in [0.25, 0.3) is 0 Å². The Morgan fingerprint density at radius 1 is 1.06 bits per heavy atom. The summed E-state index contributed by atoms with van der Waals surface area (Å²) >= 11 is 0. The molecule has 5 nitrogen and oxygen atoms in total. The van der Waals surface area contributed by atoms with Crippen molar-refractivity contribution in [2.75, 3.05) is 53.8 Å². The highest BCUT2D eigenvalue weighted by atomic mass is 16.5. The molecular formula is C13H27NO4. The molecule has 0 saturated heterocycles. The fraction of sp³-hybridized carbons (Fsp3) is 1.00. The van der Waals surface area contributed by atoms with E-state index in [0.717, 1.165) is 19.6 Å². The van der Waals surface area contributed by atoms with E-state index in [2.05, 4.69) is 5.32 Å². The van der Waals surface area contributed by atoms with Crippen LogP contribution in [0.2, 0.25) is 0 Å². The molecule has 108 valence electrons. The second-order valence-corrected chi connectivity index (χ2v) is 4.59. The number of hydrogen-bond donors (Lipinski definition) is 1. The summed E-state index contributed by atoms with van der Waals surface area (Å²) in [7, 11) is 3.38. The molecule has 5 heteroatoms. The summed E-state index contributed by atoms with van der Waals surface area (Å²) < 4.78 is 21.2. The van der Waals surface area contributed by atoms with Crippen LogP contribution < -0.4 is 5.32 Å². The van der Waals surface area contributed by atoms with Crippen LogP contribution in [0.3, 0.4) is 0 Å². The minimum atomic E-state index is 0.148. The average molecular weight is 261 g/mol. The van der Waals surface area contributed by atoms with Gasteiger partial charge in [0.05, 0.1) is 25.9 Å². The minimum absolute atomic E-state index is 0.148. The van der Waals surface area contributed by atoms with E-state index in [4.69, 9.17) is 18.9 Å². The molecule has 1 unspecified atom stereocenters. The molecule has 0 aromatic heterocycles. The van der Waals surface area contributed by atoms with E-state index in [-0.39, 0.29) is 6.10 Å². The quantitative estimate of drug-likeness (QED) is 0.498. The summed E-state index contributed by atoms with van der Waals surface area (Å²) in [6.07, 6.45) is 3.66. The standard InChI is InChI=1S/C13H27NO4/c1-15-8-9-17-6-3-7-18-13(11-16-2)10-14-12-4-5-12/h12-14H,3-11H2,1-2H3. The summed E-state index contributed by atoms with van der Waals surface area (Å²) in [5.41, 5.74) is 0. The molecule has 0 heterocycles. The molecule has 0 bridgehead atoms. The van der Waals surface area contributed by atoms with Gasteiger partial charge in [-0.05, 0) is 19.3 Å². The van der Waals surface area contributed by atoms with E-state index < -0.39 is 0 Å².